The Bertz CT molecular complexity index is 591. The topological polar surface area (TPSA) is 38.9 Å². The molecular formula is C16H19ClN2. The van der Waals surface area contributed by atoms with Crippen LogP contribution >= 0.6 is 11.6 Å². The van der Waals surface area contributed by atoms with Crippen LogP contribution < -0.4 is 5.73 Å². The van der Waals surface area contributed by atoms with Crippen LogP contribution in [0.2, 0.25) is 5.02 Å². The van der Waals surface area contributed by atoms with E-state index >= 15 is 0 Å². The van der Waals surface area contributed by atoms with Crippen LogP contribution in [0.5, 0.6) is 0 Å². The molecule has 3 heteroatoms. The lowest BCUT2D eigenvalue weighted by molar-refractivity contribution is 0.491. The highest BCUT2D eigenvalue weighted by atomic mass is 35.5. The minimum atomic E-state index is -0.441. The number of hydrogen-bond donors (Lipinski definition) is 1. The second kappa shape index (κ2) is 5.32. The van der Waals surface area contributed by atoms with Crippen molar-refractivity contribution in [1.29, 1.82) is 0 Å². The smallest absolute Gasteiger partial charge is 0.0622 e. The maximum absolute atomic E-state index is 6.48. The number of rotatable bonds is 3. The Morgan fingerprint density at radius 3 is 2.58 bits per heavy atom. The van der Waals surface area contributed by atoms with Gasteiger partial charge in [0.05, 0.1) is 5.02 Å². The van der Waals surface area contributed by atoms with Gasteiger partial charge in [-0.1, -0.05) is 29.8 Å². The van der Waals surface area contributed by atoms with E-state index in [1.807, 2.05) is 13.0 Å². The summed E-state index contributed by atoms with van der Waals surface area (Å²) < 4.78 is 0. The fraction of sp³-hybridized carbons (Fsp3) is 0.312. The standard InChI is InChI=1S/C16H19ClN2/c1-11-4-5-14(8-12(11)2)16(3,18)9-13-6-7-19-10-15(13)17/h4-8,10H,9,18H2,1-3H3. The average molecular weight is 275 g/mol. The minimum absolute atomic E-state index is 0.441. The molecule has 1 unspecified atom stereocenters. The largest absolute Gasteiger partial charge is 0.321 e. The van der Waals surface area contributed by atoms with Crippen LogP contribution in [0.3, 0.4) is 0 Å². The van der Waals surface area contributed by atoms with Crippen LogP contribution in [0, 0.1) is 13.8 Å². The van der Waals surface area contributed by atoms with E-state index in [0.717, 1.165) is 11.1 Å². The first kappa shape index (κ1) is 14.0. The van der Waals surface area contributed by atoms with Gasteiger partial charge in [-0.2, -0.15) is 0 Å². The summed E-state index contributed by atoms with van der Waals surface area (Å²) in [6, 6.07) is 8.29. The predicted molar refractivity (Wildman–Crippen MR) is 80.4 cm³/mol. The summed E-state index contributed by atoms with van der Waals surface area (Å²) in [6.45, 7) is 6.24. The number of hydrogen-bond acceptors (Lipinski definition) is 2. The fourth-order valence-corrected chi connectivity index (χ4v) is 2.33. The van der Waals surface area contributed by atoms with Crippen molar-refractivity contribution in [3.05, 3.63) is 63.9 Å². The minimum Gasteiger partial charge on any atom is -0.321 e. The molecule has 19 heavy (non-hydrogen) atoms. The van der Waals surface area contributed by atoms with E-state index in [-0.39, 0.29) is 0 Å². The summed E-state index contributed by atoms with van der Waals surface area (Å²) in [7, 11) is 0. The second-order valence-corrected chi connectivity index (χ2v) is 5.77. The normalized spacial score (nSPS) is 14.2. The van der Waals surface area contributed by atoms with Gasteiger partial charge in [0.1, 0.15) is 0 Å². The summed E-state index contributed by atoms with van der Waals surface area (Å²) in [6.07, 6.45) is 4.10. The third-order valence-corrected chi connectivity index (χ3v) is 3.92. The summed E-state index contributed by atoms with van der Waals surface area (Å²) in [5.74, 6) is 0. The number of aryl methyl sites for hydroxylation is 2. The zero-order valence-electron chi connectivity index (χ0n) is 11.6. The van der Waals surface area contributed by atoms with Gasteiger partial charge in [-0.15, -0.1) is 0 Å². The molecule has 1 heterocycles. The Hall–Kier alpha value is -1.38. The van der Waals surface area contributed by atoms with Gasteiger partial charge in [0, 0.05) is 17.9 Å². The van der Waals surface area contributed by atoms with E-state index in [0.29, 0.717) is 11.4 Å². The lowest BCUT2D eigenvalue weighted by Gasteiger charge is -2.26. The molecule has 2 aromatic rings. The van der Waals surface area contributed by atoms with Crippen LogP contribution in [-0.2, 0) is 12.0 Å². The van der Waals surface area contributed by atoms with Gasteiger partial charge in [-0.25, -0.2) is 0 Å². The molecule has 0 aliphatic rings. The van der Waals surface area contributed by atoms with Crippen LogP contribution in [0.1, 0.15) is 29.2 Å². The van der Waals surface area contributed by atoms with Crippen molar-refractivity contribution in [2.75, 3.05) is 0 Å². The molecule has 0 aliphatic heterocycles. The molecule has 1 aromatic carbocycles. The number of benzene rings is 1. The van der Waals surface area contributed by atoms with E-state index in [1.54, 1.807) is 12.4 Å². The third kappa shape index (κ3) is 3.14. The molecule has 1 aromatic heterocycles. The second-order valence-electron chi connectivity index (χ2n) is 5.36. The molecule has 2 nitrogen and oxygen atoms in total. The molecule has 0 bridgehead atoms. The average Bonchev–Trinajstić information content (AvgIpc) is 2.35. The van der Waals surface area contributed by atoms with E-state index in [2.05, 4.69) is 37.0 Å². The molecule has 100 valence electrons. The SMILES string of the molecule is Cc1ccc(C(C)(N)Cc2ccncc2Cl)cc1C. The van der Waals surface area contributed by atoms with Gasteiger partial charge in [0.25, 0.3) is 0 Å². The first-order chi connectivity index (χ1) is 8.90. The van der Waals surface area contributed by atoms with Gasteiger partial charge in [-0.3, -0.25) is 4.98 Å². The maximum Gasteiger partial charge on any atom is 0.0622 e. The van der Waals surface area contributed by atoms with Crippen LogP contribution in [0.15, 0.2) is 36.7 Å². The van der Waals surface area contributed by atoms with Gasteiger partial charge >= 0.3 is 0 Å². The van der Waals surface area contributed by atoms with Crippen molar-refractivity contribution in [2.24, 2.45) is 5.73 Å². The zero-order chi connectivity index (χ0) is 14.0. The Labute approximate surface area is 119 Å². The first-order valence-corrected chi connectivity index (χ1v) is 6.73. The Balaban J connectivity index is 2.32. The van der Waals surface area contributed by atoms with E-state index in [1.165, 1.54) is 11.1 Å². The highest BCUT2D eigenvalue weighted by molar-refractivity contribution is 6.31. The number of nitrogens with zero attached hydrogens (tertiary/aromatic N) is 1. The Morgan fingerprint density at radius 1 is 1.21 bits per heavy atom. The monoisotopic (exact) mass is 274 g/mol. The molecule has 0 saturated carbocycles. The van der Waals surface area contributed by atoms with Crippen molar-refractivity contribution in [2.45, 2.75) is 32.7 Å². The number of aromatic nitrogens is 1. The molecular weight excluding hydrogens is 256 g/mol. The summed E-state index contributed by atoms with van der Waals surface area (Å²) >= 11 is 6.16. The van der Waals surface area contributed by atoms with Gasteiger partial charge < -0.3 is 5.73 Å². The maximum atomic E-state index is 6.48. The lowest BCUT2D eigenvalue weighted by atomic mass is 9.85. The first-order valence-electron chi connectivity index (χ1n) is 6.35. The van der Waals surface area contributed by atoms with E-state index in [9.17, 15) is 0 Å². The molecule has 0 spiro atoms. The van der Waals surface area contributed by atoms with E-state index < -0.39 is 5.54 Å². The number of nitrogens with two attached hydrogens (primary N) is 1. The molecule has 0 saturated heterocycles. The fourth-order valence-electron chi connectivity index (χ4n) is 2.14. The van der Waals surface area contributed by atoms with Crippen molar-refractivity contribution in [3.8, 4) is 0 Å². The summed E-state index contributed by atoms with van der Waals surface area (Å²) in [5.41, 5.74) is 10.7. The predicted octanol–water partition coefficient (Wildman–Crippen LogP) is 3.77. The number of halogens is 1. The van der Waals surface area contributed by atoms with Crippen LogP contribution in [0.25, 0.3) is 0 Å². The highest BCUT2D eigenvalue weighted by Gasteiger charge is 2.23. The van der Waals surface area contributed by atoms with Crippen LogP contribution in [0.4, 0.5) is 0 Å². The van der Waals surface area contributed by atoms with Crippen molar-refractivity contribution in [1.82, 2.24) is 4.98 Å². The highest BCUT2D eigenvalue weighted by Crippen LogP contribution is 2.27. The molecule has 0 amide bonds. The number of pyridine rings is 1. The Morgan fingerprint density at radius 2 is 1.95 bits per heavy atom. The quantitative estimate of drug-likeness (QED) is 0.925. The van der Waals surface area contributed by atoms with Crippen molar-refractivity contribution >= 4 is 11.6 Å². The van der Waals surface area contributed by atoms with Crippen molar-refractivity contribution in [3.63, 3.8) is 0 Å². The van der Waals surface area contributed by atoms with Crippen molar-refractivity contribution < 1.29 is 0 Å². The third-order valence-electron chi connectivity index (χ3n) is 3.58. The molecule has 2 N–H and O–H groups in total. The molecule has 1 atom stereocenters. The lowest BCUT2D eigenvalue weighted by Crippen LogP contribution is -2.35. The van der Waals surface area contributed by atoms with E-state index in [4.69, 9.17) is 17.3 Å². The molecule has 0 aliphatic carbocycles. The molecule has 0 radical (unpaired) electrons. The van der Waals surface area contributed by atoms with Crippen LogP contribution in [-0.4, -0.2) is 4.98 Å². The van der Waals surface area contributed by atoms with Gasteiger partial charge in [-0.05, 0) is 55.5 Å². The summed E-state index contributed by atoms with van der Waals surface area (Å²) in [4.78, 5) is 4.00. The molecule has 2 rings (SSSR count). The Kier molecular flexibility index (Phi) is 3.93. The molecule has 0 fully saturated rings. The summed E-state index contributed by atoms with van der Waals surface area (Å²) in [5, 5.41) is 0.669. The van der Waals surface area contributed by atoms with Gasteiger partial charge in [0.15, 0.2) is 0 Å². The zero-order valence-corrected chi connectivity index (χ0v) is 12.3. The van der Waals surface area contributed by atoms with Gasteiger partial charge in [0.2, 0.25) is 0 Å².